The number of benzene rings is 1. The highest BCUT2D eigenvalue weighted by Gasteiger charge is 2.39. The van der Waals surface area contributed by atoms with Crippen LogP contribution < -0.4 is 0 Å². The van der Waals surface area contributed by atoms with Gasteiger partial charge in [-0.25, -0.2) is 8.42 Å². The topological polar surface area (TPSA) is 89.9 Å². The maximum Gasteiger partial charge on any atom is 0.180 e. The van der Waals surface area contributed by atoms with Crippen LogP contribution in [-0.4, -0.2) is 39.1 Å². The van der Waals surface area contributed by atoms with Crippen LogP contribution in [-0.2, 0) is 19.5 Å². The summed E-state index contributed by atoms with van der Waals surface area (Å²) >= 11 is 5.84. The van der Waals surface area contributed by atoms with Crippen molar-refractivity contribution in [1.29, 1.82) is 0 Å². The zero-order valence-electron chi connectivity index (χ0n) is 13.4. The summed E-state index contributed by atoms with van der Waals surface area (Å²) in [5.41, 5.74) is -0.0659. The van der Waals surface area contributed by atoms with Crippen LogP contribution in [0.1, 0.15) is 30.1 Å². The second-order valence-electron chi connectivity index (χ2n) is 5.60. The van der Waals surface area contributed by atoms with Gasteiger partial charge in [0.1, 0.15) is 12.5 Å². The average Bonchev–Trinajstić information content (AvgIpc) is 3.34. The fraction of sp³-hybridized carbons (Fsp3) is 0.438. The number of carbonyl (C=O) groups excluding carboxylic acids is 2. The molecule has 0 aliphatic heterocycles. The molecule has 1 unspecified atom stereocenters. The van der Waals surface area contributed by atoms with Crippen LogP contribution in [0.4, 0.5) is 0 Å². The Bertz CT molecular complexity index is 784. The Labute approximate surface area is 145 Å². The molecule has 1 aliphatic carbocycles. The molecule has 0 heterocycles. The van der Waals surface area contributed by atoms with E-state index < -0.39 is 21.5 Å². The Balaban J connectivity index is 2.44. The Morgan fingerprint density at radius 2 is 2.08 bits per heavy atom. The third-order valence-electron chi connectivity index (χ3n) is 3.59. The number of hydrogen-bond acceptors (Lipinski definition) is 6. The number of carbonyl (C=O) groups is 2. The van der Waals surface area contributed by atoms with Crippen LogP contribution >= 0.6 is 11.6 Å². The second-order valence-corrected chi connectivity index (χ2v) is 8.02. The SMILES string of the molecule is CCON=CC(C(=O)c1ccc(Cl)cc1S(C)(=O)=O)C(=O)C1CC1. The summed E-state index contributed by atoms with van der Waals surface area (Å²) in [4.78, 5) is 29.9. The normalized spacial score (nSPS) is 16.1. The van der Waals surface area contributed by atoms with Crippen molar-refractivity contribution in [2.24, 2.45) is 17.0 Å². The zero-order valence-corrected chi connectivity index (χ0v) is 14.9. The van der Waals surface area contributed by atoms with Gasteiger partial charge in [0.25, 0.3) is 0 Å². The van der Waals surface area contributed by atoms with E-state index in [-0.39, 0.29) is 27.2 Å². The van der Waals surface area contributed by atoms with E-state index in [4.69, 9.17) is 16.4 Å². The van der Waals surface area contributed by atoms with Crippen molar-refractivity contribution in [2.75, 3.05) is 12.9 Å². The van der Waals surface area contributed by atoms with Crippen molar-refractivity contribution in [2.45, 2.75) is 24.7 Å². The highest BCUT2D eigenvalue weighted by molar-refractivity contribution is 7.90. The van der Waals surface area contributed by atoms with Crippen LogP contribution in [0.15, 0.2) is 28.3 Å². The van der Waals surface area contributed by atoms with Gasteiger partial charge in [-0.2, -0.15) is 0 Å². The first-order chi connectivity index (χ1) is 11.3. The lowest BCUT2D eigenvalue weighted by Gasteiger charge is -2.13. The minimum absolute atomic E-state index is 0.0659. The minimum Gasteiger partial charge on any atom is -0.396 e. The van der Waals surface area contributed by atoms with Gasteiger partial charge in [-0.15, -0.1) is 0 Å². The van der Waals surface area contributed by atoms with Crippen molar-refractivity contribution in [3.05, 3.63) is 28.8 Å². The molecule has 0 spiro atoms. The molecule has 0 radical (unpaired) electrons. The fourth-order valence-electron chi connectivity index (χ4n) is 2.24. The van der Waals surface area contributed by atoms with E-state index in [2.05, 4.69) is 5.16 Å². The molecule has 1 fully saturated rings. The molecule has 1 aromatic rings. The van der Waals surface area contributed by atoms with Gasteiger partial charge >= 0.3 is 0 Å². The minimum atomic E-state index is -3.68. The van der Waals surface area contributed by atoms with Gasteiger partial charge in [-0.3, -0.25) is 9.59 Å². The molecule has 0 N–H and O–H groups in total. The lowest BCUT2D eigenvalue weighted by Crippen LogP contribution is -2.28. The number of hydrogen-bond donors (Lipinski definition) is 0. The van der Waals surface area contributed by atoms with Crippen molar-refractivity contribution < 1.29 is 22.8 Å². The van der Waals surface area contributed by atoms with Crippen molar-refractivity contribution in [3.8, 4) is 0 Å². The molecule has 1 saturated carbocycles. The van der Waals surface area contributed by atoms with Gasteiger partial charge in [0.15, 0.2) is 21.4 Å². The summed E-state index contributed by atoms with van der Waals surface area (Å²) in [7, 11) is -3.68. The maximum absolute atomic E-state index is 12.8. The van der Waals surface area contributed by atoms with E-state index in [1.807, 2.05) is 0 Å². The molecule has 2 rings (SSSR count). The van der Waals surface area contributed by atoms with Gasteiger partial charge in [0, 0.05) is 22.8 Å². The molecule has 6 nitrogen and oxygen atoms in total. The van der Waals surface area contributed by atoms with Gasteiger partial charge in [-0.1, -0.05) is 16.8 Å². The first kappa shape index (κ1) is 18.6. The number of sulfone groups is 1. The van der Waals surface area contributed by atoms with Crippen LogP contribution in [0.25, 0.3) is 0 Å². The third-order valence-corrected chi connectivity index (χ3v) is 4.96. The summed E-state index contributed by atoms with van der Waals surface area (Å²) in [5.74, 6) is -2.22. The molecule has 1 aromatic carbocycles. The molecule has 130 valence electrons. The Kier molecular flexibility index (Phi) is 5.77. The first-order valence-corrected chi connectivity index (χ1v) is 9.75. The van der Waals surface area contributed by atoms with E-state index in [1.165, 1.54) is 18.2 Å². The van der Waals surface area contributed by atoms with E-state index >= 15 is 0 Å². The molecule has 0 aromatic heterocycles. The number of halogens is 1. The van der Waals surface area contributed by atoms with Crippen LogP contribution in [0.2, 0.25) is 5.02 Å². The van der Waals surface area contributed by atoms with E-state index in [0.717, 1.165) is 25.3 Å². The standard InChI is InChI=1S/C16H18ClNO5S/c1-3-23-18-9-13(15(19)10-4-5-10)16(20)12-7-6-11(17)8-14(12)24(2,21)22/h6-10,13H,3-5H2,1-2H3. The Morgan fingerprint density at radius 3 is 2.62 bits per heavy atom. The van der Waals surface area contributed by atoms with Gasteiger partial charge in [0.2, 0.25) is 0 Å². The van der Waals surface area contributed by atoms with Gasteiger partial charge < -0.3 is 4.84 Å². The smallest absolute Gasteiger partial charge is 0.180 e. The van der Waals surface area contributed by atoms with Crippen LogP contribution in [0, 0.1) is 11.8 Å². The lowest BCUT2D eigenvalue weighted by molar-refractivity contribution is -0.121. The molecule has 0 saturated heterocycles. The van der Waals surface area contributed by atoms with E-state index in [9.17, 15) is 18.0 Å². The molecule has 1 aliphatic rings. The maximum atomic E-state index is 12.8. The third kappa shape index (κ3) is 4.42. The van der Waals surface area contributed by atoms with E-state index in [1.54, 1.807) is 6.92 Å². The predicted molar refractivity (Wildman–Crippen MR) is 90.2 cm³/mol. The summed E-state index contributed by atoms with van der Waals surface area (Å²) in [6, 6.07) is 3.95. The van der Waals surface area contributed by atoms with Crippen molar-refractivity contribution in [3.63, 3.8) is 0 Å². The molecule has 8 heteroatoms. The predicted octanol–water partition coefficient (Wildman–Crippen LogP) is 2.54. The molecule has 24 heavy (non-hydrogen) atoms. The summed E-state index contributed by atoms with van der Waals surface area (Å²) in [6.45, 7) is 2.02. The zero-order chi connectivity index (χ0) is 17.9. The number of ketones is 2. The van der Waals surface area contributed by atoms with Crippen LogP contribution in [0.3, 0.4) is 0 Å². The number of nitrogens with zero attached hydrogens (tertiary/aromatic N) is 1. The molecule has 0 bridgehead atoms. The average molecular weight is 372 g/mol. The highest BCUT2D eigenvalue weighted by Crippen LogP contribution is 2.33. The number of Topliss-reactive ketones (excluding diaryl/α,β-unsaturated/α-hetero) is 2. The van der Waals surface area contributed by atoms with Gasteiger partial charge in [0.05, 0.1) is 11.1 Å². The Morgan fingerprint density at radius 1 is 1.42 bits per heavy atom. The van der Waals surface area contributed by atoms with Gasteiger partial charge in [-0.05, 0) is 38.0 Å². The molecule has 0 amide bonds. The summed E-state index contributed by atoms with van der Waals surface area (Å²) < 4.78 is 23.9. The Hall–Kier alpha value is -1.73. The largest absolute Gasteiger partial charge is 0.396 e. The van der Waals surface area contributed by atoms with E-state index in [0.29, 0.717) is 6.61 Å². The van der Waals surface area contributed by atoms with Crippen molar-refractivity contribution >= 4 is 39.2 Å². The molecular weight excluding hydrogens is 354 g/mol. The lowest BCUT2D eigenvalue weighted by atomic mass is 9.92. The summed E-state index contributed by atoms with van der Waals surface area (Å²) in [6.07, 6.45) is 3.59. The highest BCUT2D eigenvalue weighted by atomic mass is 35.5. The molecular formula is C16H18ClNO5S. The molecule has 1 atom stereocenters. The fourth-order valence-corrected chi connectivity index (χ4v) is 3.39. The second kappa shape index (κ2) is 7.44. The monoisotopic (exact) mass is 371 g/mol. The van der Waals surface area contributed by atoms with Crippen LogP contribution in [0.5, 0.6) is 0 Å². The first-order valence-electron chi connectivity index (χ1n) is 7.48. The summed E-state index contributed by atoms with van der Waals surface area (Å²) in [5, 5.41) is 3.83. The number of oxime groups is 1. The number of rotatable bonds is 8. The quantitative estimate of drug-likeness (QED) is 0.303. The van der Waals surface area contributed by atoms with Crippen molar-refractivity contribution in [1.82, 2.24) is 0 Å².